The van der Waals surface area contributed by atoms with E-state index < -0.39 is 10.0 Å². The van der Waals surface area contributed by atoms with Gasteiger partial charge in [0.25, 0.3) is 10.0 Å². The minimum Gasteiger partial charge on any atom is -0.457 e. The number of nitrogens with one attached hydrogen (secondary N) is 1. The molecule has 184 valence electrons. The number of rotatable bonds is 7. The topological polar surface area (TPSA) is 112 Å². The number of hydrogen-bond donors (Lipinski definition) is 1. The Balaban J connectivity index is 1.51. The van der Waals surface area contributed by atoms with Gasteiger partial charge in [0.15, 0.2) is 5.75 Å². The van der Waals surface area contributed by atoms with E-state index in [0.717, 1.165) is 5.39 Å². The summed E-state index contributed by atoms with van der Waals surface area (Å²) < 4.78 is 41.6. The maximum atomic E-state index is 13.5. The molecule has 0 aromatic heterocycles. The second-order valence-electron chi connectivity index (χ2n) is 8.22. The van der Waals surface area contributed by atoms with Gasteiger partial charge in [0.1, 0.15) is 17.2 Å². The average molecular weight is 518 g/mol. The van der Waals surface area contributed by atoms with Crippen LogP contribution >= 0.6 is 0 Å². The summed E-state index contributed by atoms with van der Waals surface area (Å²) in [6.45, 7) is 0. The van der Waals surface area contributed by atoms with Gasteiger partial charge in [-0.15, -0.1) is 0 Å². The lowest BCUT2D eigenvalue weighted by atomic mass is 10.1. The summed E-state index contributed by atoms with van der Waals surface area (Å²) in [6.07, 6.45) is 0. The van der Waals surface area contributed by atoms with Gasteiger partial charge in [-0.3, -0.25) is 4.72 Å². The van der Waals surface area contributed by atoms with Gasteiger partial charge < -0.3 is 9.47 Å². The Morgan fingerprint density at radius 2 is 1.21 bits per heavy atom. The van der Waals surface area contributed by atoms with Gasteiger partial charge >= 0.3 is 0 Å². The molecular weight excluding hydrogens is 498 g/mol. The first-order valence-corrected chi connectivity index (χ1v) is 12.9. The summed E-state index contributed by atoms with van der Waals surface area (Å²) in [5, 5.41) is 19.5. The first kappa shape index (κ1) is 24.4. The maximum Gasteiger partial charge on any atom is 0.262 e. The fraction of sp³-hybridized carbons (Fsp3) is 0. The Hall–Kier alpha value is -5.31. The van der Waals surface area contributed by atoms with Crippen molar-refractivity contribution < 1.29 is 17.9 Å². The molecule has 0 aliphatic rings. The number of nitriles is 2. The summed E-state index contributed by atoms with van der Waals surface area (Å²) in [4.78, 5) is 0.137. The van der Waals surface area contributed by atoms with Gasteiger partial charge in [-0.05, 0) is 72.1 Å². The highest BCUT2D eigenvalue weighted by Crippen LogP contribution is 2.37. The predicted molar refractivity (Wildman–Crippen MR) is 144 cm³/mol. The number of fused-ring (bicyclic) bond motifs is 1. The van der Waals surface area contributed by atoms with Crippen molar-refractivity contribution in [3.63, 3.8) is 0 Å². The van der Waals surface area contributed by atoms with E-state index >= 15 is 0 Å². The van der Waals surface area contributed by atoms with Crippen molar-refractivity contribution in [3.05, 3.63) is 120 Å². The molecule has 0 unspecified atom stereocenters. The lowest BCUT2D eigenvalue weighted by Gasteiger charge is -2.16. The molecule has 1 N–H and O–H groups in total. The number of hydrogen-bond acceptors (Lipinski definition) is 6. The molecule has 0 saturated carbocycles. The molecule has 5 rings (SSSR count). The van der Waals surface area contributed by atoms with E-state index in [1.165, 1.54) is 0 Å². The van der Waals surface area contributed by atoms with Gasteiger partial charge in [-0.25, -0.2) is 8.42 Å². The standard InChI is InChI=1S/C30H19N3O4S/c31-19-21-8-12-24(13-9-21)36-26-16-17-28(29(18-26)37-25-14-10-22(20-32)11-15-25)33-38(34,35)30-7-3-5-23-4-1-2-6-27(23)30/h1-18,33H. The number of benzene rings is 5. The Kier molecular flexibility index (Phi) is 6.65. The third kappa shape index (κ3) is 5.26. The minimum atomic E-state index is -3.99. The van der Waals surface area contributed by atoms with Gasteiger partial charge in [-0.1, -0.05) is 36.4 Å². The van der Waals surface area contributed by atoms with E-state index in [2.05, 4.69) is 16.9 Å². The molecule has 0 atom stereocenters. The van der Waals surface area contributed by atoms with Crippen LogP contribution in [-0.4, -0.2) is 8.42 Å². The number of ether oxygens (including phenoxy) is 2. The summed E-state index contributed by atoms with van der Waals surface area (Å²) in [5.74, 6) is 1.50. The molecule has 0 saturated heterocycles. The Labute approximate surface area is 219 Å². The van der Waals surface area contributed by atoms with E-state index in [-0.39, 0.29) is 16.3 Å². The molecule has 0 aliphatic heterocycles. The van der Waals surface area contributed by atoms with Crippen LogP contribution in [0.2, 0.25) is 0 Å². The average Bonchev–Trinajstić information content (AvgIpc) is 2.95. The molecule has 0 heterocycles. The molecular formula is C30H19N3O4S. The van der Waals surface area contributed by atoms with Crippen LogP contribution in [0, 0.1) is 22.7 Å². The molecule has 0 fully saturated rings. The van der Waals surface area contributed by atoms with Crippen molar-refractivity contribution in [1.82, 2.24) is 0 Å². The van der Waals surface area contributed by atoms with Crippen molar-refractivity contribution >= 4 is 26.5 Å². The van der Waals surface area contributed by atoms with Crippen LogP contribution in [0.5, 0.6) is 23.0 Å². The molecule has 0 aliphatic carbocycles. The van der Waals surface area contributed by atoms with Crippen molar-refractivity contribution in [3.8, 4) is 35.1 Å². The zero-order valence-electron chi connectivity index (χ0n) is 19.8. The van der Waals surface area contributed by atoms with Crippen LogP contribution in [0.15, 0.2) is 114 Å². The van der Waals surface area contributed by atoms with Crippen molar-refractivity contribution in [2.45, 2.75) is 4.90 Å². The zero-order valence-corrected chi connectivity index (χ0v) is 20.6. The number of sulfonamides is 1. The third-order valence-corrected chi connectivity index (χ3v) is 7.09. The van der Waals surface area contributed by atoms with Crippen LogP contribution in [0.4, 0.5) is 5.69 Å². The van der Waals surface area contributed by atoms with Crippen LogP contribution in [0.1, 0.15) is 11.1 Å². The van der Waals surface area contributed by atoms with E-state index in [1.807, 2.05) is 18.2 Å². The second-order valence-corrected chi connectivity index (χ2v) is 9.87. The normalized spacial score (nSPS) is 10.8. The molecule has 5 aromatic carbocycles. The van der Waals surface area contributed by atoms with E-state index in [0.29, 0.717) is 33.8 Å². The van der Waals surface area contributed by atoms with Crippen molar-refractivity contribution in [1.29, 1.82) is 10.5 Å². The first-order chi connectivity index (χ1) is 18.4. The summed E-state index contributed by atoms with van der Waals surface area (Å²) in [6, 6.07) is 34.2. The van der Waals surface area contributed by atoms with Crippen LogP contribution < -0.4 is 14.2 Å². The van der Waals surface area contributed by atoms with Gasteiger partial charge in [0.05, 0.1) is 33.8 Å². The summed E-state index contributed by atoms with van der Waals surface area (Å²) >= 11 is 0. The second kappa shape index (κ2) is 10.4. The van der Waals surface area contributed by atoms with E-state index in [1.54, 1.807) is 91.0 Å². The van der Waals surface area contributed by atoms with Crippen molar-refractivity contribution in [2.24, 2.45) is 0 Å². The smallest absolute Gasteiger partial charge is 0.262 e. The molecule has 0 spiro atoms. The lowest BCUT2D eigenvalue weighted by Crippen LogP contribution is -2.14. The Bertz CT molecular complexity index is 1810. The molecule has 0 radical (unpaired) electrons. The quantitative estimate of drug-likeness (QED) is 0.249. The summed E-state index contributed by atoms with van der Waals surface area (Å²) in [7, 11) is -3.99. The molecule has 0 amide bonds. The van der Waals surface area contributed by atoms with E-state index in [9.17, 15) is 8.42 Å². The highest BCUT2D eigenvalue weighted by molar-refractivity contribution is 7.93. The van der Waals surface area contributed by atoms with Gasteiger partial charge in [-0.2, -0.15) is 10.5 Å². The van der Waals surface area contributed by atoms with Crippen molar-refractivity contribution in [2.75, 3.05) is 4.72 Å². The largest absolute Gasteiger partial charge is 0.457 e. The zero-order chi connectivity index (χ0) is 26.5. The third-order valence-electron chi connectivity index (χ3n) is 5.67. The minimum absolute atomic E-state index is 0.137. The molecule has 0 bridgehead atoms. The molecule has 8 heteroatoms. The number of nitrogens with zero attached hydrogens (tertiary/aromatic N) is 2. The fourth-order valence-electron chi connectivity index (χ4n) is 3.82. The number of anilines is 1. The fourth-order valence-corrected chi connectivity index (χ4v) is 5.12. The van der Waals surface area contributed by atoms with Crippen LogP contribution in [-0.2, 0) is 10.0 Å². The Morgan fingerprint density at radius 1 is 0.632 bits per heavy atom. The highest BCUT2D eigenvalue weighted by Gasteiger charge is 2.20. The summed E-state index contributed by atoms with van der Waals surface area (Å²) in [5.41, 5.74) is 1.17. The maximum absolute atomic E-state index is 13.5. The molecule has 7 nitrogen and oxygen atoms in total. The predicted octanol–water partition coefficient (Wildman–Crippen LogP) is 6.97. The first-order valence-electron chi connectivity index (χ1n) is 11.5. The molecule has 5 aromatic rings. The van der Waals surface area contributed by atoms with Gasteiger partial charge in [0.2, 0.25) is 0 Å². The monoisotopic (exact) mass is 517 g/mol. The Morgan fingerprint density at radius 3 is 1.87 bits per heavy atom. The van der Waals surface area contributed by atoms with Crippen LogP contribution in [0.3, 0.4) is 0 Å². The van der Waals surface area contributed by atoms with E-state index in [4.69, 9.17) is 20.0 Å². The van der Waals surface area contributed by atoms with Gasteiger partial charge in [0, 0.05) is 11.5 Å². The SMILES string of the molecule is N#Cc1ccc(Oc2ccc(NS(=O)(=O)c3cccc4ccccc34)c(Oc3ccc(C#N)cc3)c2)cc1. The molecule has 38 heavy (non-hydrogen) atoms. The highest BCUT2D eigenvalue weighted by atomic mass is 32.2. The lowest BCUT2D eigenvalue weighted by molar-refractivity contribution is 0.461. The van der Waals surface area contributed by atoms with Crippen LogP contribution in [0.25, 0.3) is 10.8 Å².